The zero-order chi connectivity index (χ0) is 25.7. The molecule has 2 aliphatic rings. The second-order valence-electron chi connectivity index (χ2n) is 10.6. The van der Waals surface area contributed by atoms with E-state index in [2.05, 4.69) is 58.3 Å². The van der Waals surface area contributed by atoms with Crippen LogP contribution in [-0.2, 0) is 35.8 Å². The quantitative estimate of drug-likeness (QED) is 0.353. The van der Waals surface area contributed by atoms with Crippen LogP contribution in [0.15, 0.2) is 77.7 Å². The molecule has 0 aromatic heterocycles. The van der Waals surface area contributed by atoms with Crippen molar-refractivity contribution in [2.75, 3.05) is 31.9 Å². The van der Waals surface area contributed by atoms with Gasteiger partial charge in [-0.3, -0.25) is 9.80 Å². The Balaban J connectivity index is 1.12. The first kappa shape index (κ1) is 26.4. The number of rotatable bonds is 8. The van der Waals surface area contributed by atoms with E-state index < -0.39 is 9.84 Å². The highest BCUT2D eigenvalue weighted by atomic mass is 35.5. The molecule has 0 spiro atoms. The Morgan fingerprint density at radius 2 is 1.35 bits per heavy atom. The van der Waals surface area contributed by atoms with Crippen molar-refractivity contribution < 1.29 is 8.42 Å². The van der Waals surface area contributed by atoms with Gasteiger partial charge in [0.25, 0.3) is 0 Å². The van der Waals surface area contributed by atoms with E-state index in [9.17, 15) is 8.42 Å². The van der Waals surface area contributed by atoms with Crippen molar-refractivity contribution in [2.24, 2.45) is 5.92 Å². The van der Waals surface area contributed by atoms with Gasteiger partial charge in [-0.05, 0) is 97.6 Å². The highest BCUT2D eigenvalue weighted by molar-refractivity contribution is 7.91. The first-order valence-corrected chi connectivity index (χ1v) is 15.6. The molecule has 3 aromatic carbocycles. The van der Waals surface area contributed by atoms with Crippen molar-refractivity contribution >= 4 is 21.4 Å². The van der Waals surface area contributed by atoms with Gasteiger partial charge in [-0.25, -0.2) is 8.42 Å². The van der Waals surface area contributed by atoms with E-state index in [0.29, 0.717) is 10.8 Å². The molecule has 4 nitrogen and oxygen atoms in total. The fourth-order valence-electron chi connectivity index (χ4n) is 5.66. The summed E-state index contributed by atoms with van der Waals surface area (Å²) in [5.74, 6) is 0.719. The van der Waals surface area contributed by atoms with Crippen molar-refractivity contribution in [3.63, 3.8) is 0 Å². The largest absolute Gasteiger partial charge is 0.299 e. The van der Waals surface area contributed by atoms with Crippen LogP contribution in [-0.4, -0.2) is 50.1 Å². The van der Waals surface area contributed by atoms with Crippen LogP contribution >= 0.6 is 11.6 Å². The third-order valence-electron chi connectivity index (χ3n) is 8.00. The Morgan fingerprint density at radius 3 is 2.05 bits per heavy atom. The first-order chi connectivity index (χ1) is 17.9. The summed E-state index contributed by atoms with van der Waals surface area (Å²) >= 11 is 6.00. The van der Waals surface area contributed by atoms with Crippen LogP contribution in [0.3, 0.4) is 0 Å². The molecule has 196 valence electrons. The molecule has 2 aliphatic heterocycles. The van der Waals surface area contributed by atoms with Gasteiger partial charge in [0.15, 0.2) is 9.84 Å². The van der Waals surface area contributed by atoms with E-state index >= 15 is 0 Å². The van der Waals surface area contributed by atoms with Gasteiger partial charge < -0.3 is 0 Å². The van der Waals surface area contributed by atoms with Gasteiger partial charge in [-0.1, -0.05) is 60.1 Å². The van der Waals surface area contributed by atoms with Gasteiger partial charge in [0, 0.05) is 31.2 Å². The predicted octanol–water partition coefficient (Wildman–Crippen LogP) is 6.02. The van der Waals surface area contributed by atoms with Gasteiger partial charge >= 0.3 is 0 Å². The maximum absolute atomic E-state index is 13.3. The molecule has 0 radical (unpaired) electrons. The molecule has 0 amide bonds. The minimum atomic E-state index is -3.27. The number of benzene rings is 3. The van der Waals surface area contributed by atoms with Crippen molar-refractivity contribution in [3.8, 4) is 0 Å². The molecule has 0 aliphatic carbocycles. The van der Waals surface area contributed by atoms with Gasteiger partial charge in [0.2, 0.25) is 0 Å². The van der Waals surface area contributed by atoms with E-state index in [1.807, 2.05) is 24.3 Å². The third-order valence-corrected chi connectivity index (χ3v) is 10.00. The molecule has 1 fully saturated rings. The molecule has 5 rings (SSSR count). The average molecular weight is 537 g/mol. The zero-order valence-electron chi connectivity index (χ0n) is 21.5. The Labute approximate surface area is 227 Å². The molecule has 0 N–H and O–H groups in total. The molecule has 3 aromatic rings. The maximum atomic E-state index is 13.3. The summed E-state index contributed by atoms with van der Waals surface area (Å²) < 4.78 is 26.5. The van der Waals surface area contributed by atoms with E-state index in [1.165, 1.54) is 22.3 Å². The Morgan fingerprint density at radius 1 is 0.730 bits per heavy atom. The monoisotopic (exact) mass is 536 g/mol. The summed E-state index contributed by atoms with van der Waals surface area (Å²) in [4.78, 5) is 5.44. The minimum Gasteiger partial charge on any atom is -0.299 e. The average Bonchev–Trinajstić information content (AvgIpc) is 3.12. The van der Waals surface area contributed by atoms with E-state index in [1.54, 1.807) is 0 Å². The van der Waals surface area contributed by atoms with E-state index in [-0.39, 0.29) is 5.75 Å². The standard InChI is InChI=1S/C31H37ClN2O2S/c32-30-9-6-27(7-10-30)24-33-17-12-25(13-18-33)16-21-37(35,36)31-11-8-28-14-19-34(20-15-29(28)22-31)23-26-4-2-1-3-5-26/h1-11,22,25H,12-21,23-24H2. The van der Waals surface area contributed by atoms with Crippen molar-refractivity contribution in [1.82, 2.24) is 9.80 Å². The summed E-state index contributed by atoms with van der Waals surface area (Å²) in [6, 6.07) is 24.5. The number of likely N-dealkylation sites (tertiary alicyclic amines) is 1. The van der Waals surface area contributed by atoms with Gasteiger partial charge in [0.1, 0.15) is 0 Å². The molecular formula is C31H37ClN2O2S. The fourth-order valence-corrected chi connectivity index (χ4v) is 7.26. The second-order valence-corrected chi connectivity index (χ2v) is 13.2. The van der Waals surface area contributed by atoms with Gasteiger partial charge in [-0.15, -0.1) is 0 Å². The molecule has 6 heteroatoms. The number of halogens is 1. The smallest absolute Gasteiger partial charge is 0.178 e. The minimum absolute atomic E-state index is 0.244. The molecule has 0 atom stereocenters. The second kappa shape index (κ2) is 12.1. The maximum Gasteiger partial charge on any atom is 0.178 e. The first-order valence-electron chi connectivity index (χ1n) is 13.5. The van der Waals surface area contributed by atoms with Crippen LogP contribution in [0.25, 0.3) is 0 Å². The summed E-state index contributed by atoms with van der Waals surface area (Å²) in [6.07, 6.45) is 4.74. The Kier molecular flexibility index (Phi) is 8.66. The van der Waals surface area contributed by atoms with E-state index in [4.69, 9.17) is 11.6 Å². The van der Waals surface area contributed by atoms with Crippen LogP contribution in [0, 0.1) is 5.92 Å². The van der Waals surface area contributed by atoms with E-state index in [0.717, 1.165) is 76.4 Å². The molecule has 2 heterocycles. The van der Waals surface area contributed by atoms with Gasteiger partial charge in [0.05, 0.1) is 10.6 Å². The van der Waals surface area contributed by atoms with Crippen LogP contribution in [0.1, 0.15) is 41.5 Å². The predicted molar refractivity (Wildman–Crippen MR) is 152 cm³/mol. The van der Waals surface area contributed by atoms with Crippen LogP contribution < -0.4 is 0 Å². The number of nitrogens with zero attached hydrogens (tertiary/aromatic N) is 2. The molecule has 1 saturated heterocycles. The third kappa shape index (κ3) is 7.23. The van der Waals surface area contributed by atoms with Crippen molar-refractivity contribution in [3.05, 3.63) is 100 Å². The molecular weight excluding hydrogens is 500 g/mol. The summed E-state index contributed by atoms with van der Waals surface area (Å²) in [5.41, 5.74) is 5.10. The summed E-state index contributed by atoms with van der Waals surface area (Å²) in [5, 5.41) is 0.767. The molecule has 0 unspecified atom stereocenters. The summed E-state index contributed by atoms with van der Waals surface area (Å²) in [7, 11) is -3.27. The zero-order valence-corrected chi connectivity index (χ0v) is 23.1. The topological polar surface area (TPSA) is 40.6 Å². The number of piperidine rings is 1. The number of hydrogen-bond donors (Lipinski definition) is 0. The van der Waals surface area contributed by atoms with Crippen LogP contribution in [0.5, 0.6) is 0 Å². The Bertz CT molecular complexity index is 1270. The molecule has 37 heavy (non-hydrogen) atoms. The lowest BCUT2D eigenvalue weighted by atomic mass is 9.94. The fraction of sp³-hybridized carbons (Fsp3) is 0.419. The normalized spacial score (nSPS) is 17.9. The van der Waals surface area contributed by atoms with Crippen molar-refractivity contribution in [2.45, 2.75) is 50.1 Å². The van der Waals surface area contributed by atoms with Gasteiger partial charge in [-0.2, -0.15) is 0 Å². The highest BCUT2D eigenvalue weighted by Crippen LogP contribution is 2.26. The van der Waals surface area contributed by atoms with Crippen molar-refractivity contribution in [1.29, 1.82) is 0 Å². The number of hydrogen-bond acceptors (Lipinski definition) is 4. The van der Waals surface area contributed by atoms with Crippen LogP contribution in [0.2, 0.25) is 5.02 Å². The molecule has 0 bridgehead atoms. The number of sulfone groups is 1. The van der Waals surface area contributed by atoms with Crippen LogP contribution in [0.4, 0.5) is 0 Å². The molecule has 0 saturated carbocycles. The Hall–Kier alpha value is -2.18. The number of fused-ring (bicyclic) bond motifs is 1. The lowest BCUT2D eigenvalue weighted by Gasteiger charge is -2.32. The highest BCUT2D eigenvalue weighted by Gasteiger charge is 2.24. The lowest BCUT2D eigenvalue weighted by Crippen LogP contribution is -2.33. The SMILES string of the molecule is O=S(=O)(CCC1CCN(Cc2ccc(Cl)cc2)CC1)c1ccc2c(c1)CCN(Cc1ccccc1)CC2. The summed E-state index contributed by atoms with van der Waals surface area (Å²) in [6.45, 7) is 5.88. The lowest BCUT2D eigenvalue weighted by molar-refractivity contribution is 0.175.